The number of hydrogen-bond acceptors (Lipinski definition) is 4. The largest absolute Gasteiger partial charge is 0.493 e. The van der Waals surface area contributed by atoms with Crippen molar-refractivity contribution in [2.75, 3.05) is 25.5 Å². The number of nitrogens with one attached hydrogen (secondary N) is 1. The predicted octanol–water partition coefficient (Wildman–Crippen LogP) is 4.76. The normalized spacial score (nSPS) is 14.0. The van der Waals surface area contributed by atoms with Crippen LogP contribution >= 0.6 is 0 Å². The highest BCUT2D eigenvalue weighted by Crippen LogP contribution is 2.29. The fraction of sp³-hybridized carbons (Fsp3) is 0.360. The highest BCUT2D eigenvalue weighted by molar-refractivity contribution is 6.07. The Bertz CT molecular complexity index is 946. The summed E-state index contributed by atoms with van der Waals surface area (Å²) in [6, 6.07) is 12.6. The predicted molar refractivity (Wildman–Crippen MR) is 123 cm³/mol. The van der Waals surface area contributed by atoms with Crippen molar-refractivity contribution in [2.45, 2.75) is 39.2 Å². The van der Waals surface area contributed by atoms with Crippen LogP contribution in [0.15, 0.2) is 48.5 Å². The molecule has 0 aliphatic carbocycles. The Labute approximate surface area is 183 Å². The lowest BCUT2D eigenvalue weighted by Gasteiger charge is -2.27. The molecule has 0 unspecified atom stereocenters. The summed E-state index contributed by atoms with van der Waals surface area (Å²) in [5.41, 5.74) is 1.84. The lowest BCUT2D eigenvalue weighted by molar-refractivity contribution is -0.111. The Balaban J connectivity index is 1.70. The van der Waals surface area contributed by atoms with Gasteiger partial charge in [0.15, 0.2) is 11.5 Å². The van der Waals surface area contributed by atoms with Gasteiger partial charge >= 0.3 is 0 Å². The van der Waals surface area contributed by atoms with Crippen LogP contribution in [-0.2, 0) is 4.79 Å². The monoisotopic (exact) mass is 422 g/mol. The third-order valence-corrected chi connectivity index (χ3v) is 5.04. The van der Waals surface area contributed by atoms with Crippen molar-refractivity contribution in [3.8, 4) is 11.5 Å². The average molecular weight is 423 g/mol. The number of carbonyl (C=O) groups excluding carboxylic acids is 2. The molecule has 0 atom stereocenters. The van der Waals surface area contributed by atoms with E-state index in [1.807, 2.05) is 49.1 Å². The average Bonchev–Trinajstić information content (AvgIpc) is 2.78. The molecule has 1 aliphatic rings. The molecule has 1 fully saturated rings. The second-order valence-electron chi connectivity index (χ2n) is 7.80. The molecule has 0 saturated carbocycles. The molecular formula is C25H30N2O4. The summed E-state index contributed by atoms with van der Waals surface area (Å²) in [6.07, 6.45) is 6.38. The second-order valence-corrected chi connectivity index (χ2v) is 7.80. The highest BCUT2D eigenvalue weighted by atomic mass is 16.5. The minimum absolute atomic E-state index is 0.0359. The number of hydrogen-bond donors (Lipinski definition) is 1. The number of rotatable bonds is 7. The van der Waals surface area contributed by atoms with Gasteiger partial charge in [-0.25, -0.2) is 0 Å². The third-order valence-electron chi connectivity index (χ3n) is 5.04. The minimum atomic E-state index is -0.305. The molecular weight excluding hydrogens is 392 g/mol. The van der Waals surface area contributed by atoms with E-state index in [-0.39, 0.29) is 17.9 Å². The van der Waals surface area contributed by atoms with Crippen LogP contribution in [0.1, 0.15) is 49.0 Å². The van der Waals surface area contributed by atoms with Crippen LogP contribution < -0.4 is 14.8 Å². The van der Waals surface area contributed by atoms with E-state index in [9.17, 15) is 9.59 Å². The molecule has 2 amide bonds. The van der Waals surface area contributed by atoms with Crippen molar-refractivity contribution >= 4 is 23.6 Å². The molecule has 2 aromatic carbocycles. The molecule has 1 saturated heterocycles. The second kappa shape index (κ2) is 10.7. The van der Waals surface area contributed by atoms with Gasteiger partial charge in [0.05, 0.1) is 24.5 Å². The summed E-state index contributed by atoms with van der Waals surface area (Å²) in [6.45, 7) is 5.43. The molecule has 1 aliphatic heterocycles. The van der Waals surface area contributed by atoms with Gasteiger partial charge in [-0.05, 0) is 69.0 Å². The van der Waals surface area contributed by atoms with Crippen molar-refractivity contribution in [3.63, 3.8) is 0 Å². The number of likely N-dealkylation sites (tertiary alicyclic amines) is 1. The number of carbonyl (C=O) groups is 2. The van der Waals surface area contributed by atoms with Gasteiger partial charge in [-0.2, -0.15) is 0 Å². The van der Waals surface area contributed by atoms with E-state index in [0.717, 1.165) is 37.9 Å². The number of ether oxygens (including phenoxy) is 2. The third kappa shape index (κ3) is 6.10. The minimum Gasteiger partial charge on any atom is -0.493 e. The maximum atomic E-state index is 12.9. The maximum absolute atomic E-state index is 12.9. The van der Waals surface area contributed by atoms with Gasteiger partial charge in [-0.1, -0.05) is 18.2 Å². The number of anilines is 1. The van der Waals surface area contributed by atoms with Crippen LogP contribution in [0.4, 0.5) is 5.69 Å². The summed E-state index contributed by atoms with van der Waals surface area (Å²) < 4.78 is 11.1. The first-order valence-corrected chi connectivity index (χ1v) is 10.7. The fourth-order valence-electron chi connectivity index (χ4n) is 3.53. The molecule has 6 nitrogen and oxygen atoms in total. The van der Waals surface area contributed by atoms with Gasteiger partial charge in [0.25, 0.3) is 5.91 Å². The molecule has 0 aromatic heterocycles. The highest BCUT2D eigenvalue weighted by Gasteiger charge is 2.20. The van der Waals surface area contributed by atoms with E-state index >= 15 is 0 Å². The van der Waals surface area contributed by atoms with Crippen LogP contribution in [0, 0.1) is 0 Å². The zero-order valence-corrected chi connectivity index (χ0v) is 18.4. The van der Waals surface area contributed by atoms with Crippen LogP contribution in [-0.4, -0.2) is 43.0 Å². The van der Waals surface area contributed by atoms with Crippen molar-refractivity contribution in [3.05, 3.63) is 59.7 Å². The van der Waals surface area contributed by atoms with Crippen LogP contribution in [0.5, 0.6) is 11.5 Å². The first-order chi connectivity index (χ1) is 15.0. The Morgan fingerprint density at radius 2 is 1.77 bits per heavy atom. The summed E-state index contributed by atoms with van der Waals surface area (Å²) in [7, 11) is 1.58. The van der Waals surface area contributed by atoms with Gasteiger partial charge in [-0.15, -0.1) is 0 Å². The van der Waals surface area contributed by atoms with E-state index in [1.54, 1.807) is 25.3 Å². The van der Waals surface area contributed by atoms with Crippen molar-refractivity contribution in [2.24, 2.45) is 0 Å². The zero-order chi connectivity index (χ0) is 22.2. The van der Waals surface area contributed by atoms with Crippen LogP contribution in [0.25, 0.3) is 6.08 Å². The summed E-state index contributed by atoms with van der Waals surface area (Å²) >= 11 is 0. The molecule has 1 N–H and O–H groups in total. The number of benzene rings is 2. The van der Waals surface area contributed by atoms with Gasteiger partial charge in [0.2, 0.25) is 5.91 Å². The first kappa shape index (κ1) is 22.4. The number of methoxy groups -OCH3 is 1. The summed E-state index contributed by atoms with van der Waals surface area (Å²) in [5, 5.41) is 2.84. The molecule has 2 aromatic rings. The molecule has 6 heteroatoms. The standard InChI is InChI=1S/C25H30N2O4/c1-18(2)31-22-13-11-19(17-23(22)30-3)12-14-24(28)26-21-10-6-5-9-20(21)25(29)27-15-7-4-8-16-27/h5-6,9-14,17-18H,4,7-8,15-16H2,1-3H3,(H,26,28). The van der Waals surface area contributed by atoms with Crippen molar-refractivity contribution in [1.29, 1.82) is 0 Å². The SMILES string of the molecule is COc1cc(C=CC(=O)Nc2ccccc2C(=O)N2CCCCC2)ccc1OC(C)C. The topological polar surface area (TPSA) is 67.9 Å². The van der Waals surface area contributed by atoms with Gasteiger partial charge < -0.3 is 19.7 Å². The smallest absolute Gasteiger partial charge is 0.255 e. The Morgan fingerprint density at radius 3 is 2.48 bits per heavy atom. The van der Waals surface area contributed by atoms with Crippen molar-refractivity contribution < 1.29 is 19.1 Å². The number of para-hydroxylation sites is 1. The van der Waals surface area contributed by atoms with Crippen molar-refractivity contribution in [1.82, 2.24) is 4.90 Å². The Hall–Kier alpha value is -3.28. The van der Waals surface area contributed by atoms with Gasteiger partial charge in [-0.3, -0.25) is 9.59 Å². The lowest BCUT2D eigenvalue weighted by Crippen LogP contribution is -2.36. The Kier molecular flexibility index (Phi) is 7.70. The van der Waals surface area contributed by atoms with E-state index in [4.69, 9.17) is 9.47 Å². The molecule has 164 valence electrons. The summed E-state index contributed by atoms with van der Waals surface area (Å²) in [5.74, 6) is 0.920. The zero-order valence-electron chi connectivity index (χ0n) is 18.4. The van der Waals surface area contributed by atoms with E-state index < -0.39 is 0 Å². The first-order valence-electron chi connectivity index (χ1n) is 10.7. The number of nitrogens with zero attached hydrogens (tertiary/aromatic N) is 1. The van der Waals surface area contributed by atoms with Gasteiger partial charge in [0, 0.05) is 19.2 Å². The molecule has 31 heavy (non-hydrogen) atoms. The molecule has 0 radical (unpaired) electrons. The van der Waals surface area contributed by atoms with Crippen LogP contribution in [0.2, 0.25) is 0 Å². The molecule has 3 rings (SSSR count). The fourth-order valence-corrected chi connectivity index (χ4v) is 3.53. The number of piperidine rings is 1. The van der Waals surface area contributed by atoms with Gasteiger partial charge in [0.1, 0.15) is 0 Å². The van der Waals surface area contributed by atoms with E-state index in [0.29, 0.717) is 22.7 Å². The van der Waals surface area contributed by atoms with E-state index in [1.165, 1.54) is 6.08 Å². The maximum Gasteiger partial charge on any atom is 0.255 e. The Morgan fingerprint density at radius 1 is 1.03 bits per heavy atom. The summed E-state index contributed by atoms with van der Waals surface area (Å²) in [4.78, 5) is 27.3. The van der Waals surface area contributed by atoms with E-state index in [2.05, 4.69) is 5.32 Å². The number of amides is 2. The molecule has 1 heterocycles. The quantitative estimate of drug-likeness (QED) is 0.653. The van der Waals surface area contributed by atoms with Crippen LogP contribution in [0.3, 0.4) is 0 Å². The lowest BCUT2D eigenvalue weighted by atomic mass is 10.1. The molecule has 0 bridgehead atoms. The molecule has 0 spiro atoms.